The lowest BCUT2D eigenvalue weighted by atomic mass is 9.83. The van der Waals surface area contributed by atoms with Crippen LogP contribution in [0.3, 0.4) is 0 Å². The van der Waals surface area contributed by atoms with Crippen LogP contribution in [0.15, 0.2) is 54.6 Å². The van der Waals surface area contributed by atoms with E-state index in [1.54, 1.807) is 4.90 Å². The van der Waals surface area contributed by atoms with E-state index in [9.17, 15) is 22.8 Å². The fourth-order valence-corrected chi connectivity index (χ4v) is 3.50. The third kappa shape index (κ3) is 4.44. The van der Waals surface area contributed by atoms with Gasteiger partial charge in [-0.1, -0.05) is 36.4 Å². The predicted molar refractivity (Wildman–Crippen MR) is 103 cm³/mol. The fraction of sp³-hybridized carbons (Fsp3) is 0.364. The second kappa shape index (κ2) is 7.89. The Morgan fingerprint density at radius 2 is 1.34 bits per heavy atom. The van der Waals surface area contributed by atoms with Crippen LogP contribution in [0.4, 0.5) is 13.2 Å². The van der Waals surface area contributed by atoms with Crippen molar-refractivity contribution in [3.63, 3.8) is 0 Å². The zero-order chi connectivity index (χ0) is 21.2. The Kier molecular flexibility index (Phi) is 5.68. The lowest BCUT2D eigenvalue weighted by Gasteiger charge is -2.38. The second-order valence-electron chi connectivity index (χ2n) is 7.65. The summed E-state index contributed by atoms with van der Waals surface area (Å²) in [5.41, 5.74) is -0.632. The monoisotopic (exact) mass is 404 g/mol. The number of benzene rings is 2. The molecule has 0 unspecified atom stereocenters. The Morgan fingerprint density at radius 1 is 0.793 bits per heavy atom. The third-order valence-electron chi connectivity index (χ3n) is 5.32. The van der Waals surface area contributed by atoms with Crippen molar-refractivity contribution in [2.24, 2.45) is 0 Å². The van der Waals surface area contributed by atoms with Crippen molar-refractivity contribution in [2.75, 3.05) is 26.2 Å². The van der Waals surface area contributed by atoms with Gasteiger partial charge in [-0.15, -0.1) is 0 Å². The van der Waals surface area contributed by atoms with Crippen molar-refractivity contribution >= 4 is 11.8 Å². The van der Waals surface area contributed by atoms with Crippen LogP contribution in [0.25, 0.3) is 0 Å². The molecule has 1 aliphatic heterocycles. The molecule has 0 N–H and O–H groups in total. The number of halogens is 3. The molecule has 0 spiro atoms. The van der Waals surface area contributed by atoms with Crippen molar-refractivity contribution in [3.8, 4) is 0 Å². The van der Waals surface area contributed by atoms with Crippen LogP contribution < -0.4 is 0 Å². The van der Waals surface area contributed by atoms with Gasteiger partial charge in [0.05, 0.1) is 11.0 Å². The molecule has 0 bridgehead atoms. The smallest absolute Gasteiger partial charge is 0.338 e. The number of carbonyl (C=O) groups excluding carboxylic acids is 2. The predicted octanol–water partition coefficient (Wildman–Crippen LogP) is 3.97. The maximum atomic E-state index is 13.0. The summed E-state index contributed by atoms with van der Waals surface area (Å²) < 4.78 is 38.7. The van der Waals surface area contributed by atoms with Gasteiger partial charge in [-0.05, 0) is 37.6 Å². The molecule has 1 heterocycles. The van der Waals surface area contributed by atoms with E-state index in [4.69, 9.17) is 0 Å². The van der Waals surface area contributed by atoms with Crippen LogP contribution in [0.1, 0.15) is 35.3 Å². The molecule has 0 atom stereocenters. The Bertz CT molecular complexity index is 886. The maximum absolute atomic E-state index is 13.0. The highest BCUT2D eigenvalue weighted by Crippen LogP contribution is 2.30. The average molecular weight is 404 g/mol. The molecule has 1 saturated heterocycles. The first-order valence-corrected chi connectivity index (χ1v) is 9.42. The molecular weight excluding hydrogens is 381 g/mol. The van der Waals surface area contributed by atoms with E-state index >= 15 is 0 Å². The van der Waals surface area contributed by atoms with Gasteiger partial charge in [0.15, 0.2) is 0 Å². The largest absolute Gasteiger partial charge is 0.416 e. The van der Waals surface area contributed by atoms with Crippen molar-refractivity contribution < 1.29 is 22.8 Å². The molecule has 1 aliphatic rings. The van der Waals surface area contributed by atoms with Crippen LogP contribution in [0, 0.1) is 0 Å². The molecule has 3 rings (SSSR count). The molecule has 0 radical (unpaired) electrons. The highest BCUT2D eigenvalue weighted by atomic mass is 19.4. The molecule has 0 saturated carbocycles. The zero-order valence-electron chi connectivity index (χ0n) is 16.4. The Morgan fingerprint density at radius 3 is 1.93 bits per heavy atom. The number of hydrogen-bond donors (Lipinski definition) is 0. The molecular formula is C22H23F3N2O2. The van der Waals surface area contributed by atoms with Gasteiger partial charge in [-0.25, -0.2) is 0 Å². The number of piperazine rings is 1. The number of hydrogen-bond acceptors (Lipinski definition) is 2. The SMILES string of the molecule is CC(C)(C(=O)N1CCN(C(=O)c2cccc(C(F)(F)F)c2)CC1)c1ccccc1. The van der Waals surface area contributed by atoms with Crippen LogP contribution >= 0.6 is 0 Å². The topological polar surface area (TPSA) is 40.6 Å². The first kappa shape index (κ1) is 20.9. The second-order valence-corrected chi connectivity index (χ2v) is 7.65. The van der Waals surface area contributed by atoms with E-state index in [0.29, 0.717) is 13.1 Å². The molecule has 0 aliphatic carbocycles. The Balaban J connectivity index is 1.66. The maximum Gasteiger partial charge on any atom is 0.416 e. The minimum absolute atomic E-state index is 0.00390. The van der Waals surface area contributed by atoms with E-state index in [-0.39, 0.29) is 24.6 Å². The number of carbonyl (C=O) groups is 2. The number of alkyl halides is 3. The van der Waals surface area contributed by atoms with Crippen LogP contribution in [-0.4, -0.2) is 47.8 Å². The molecule has 154 valence electrons. The summed E-state index contributed by atoms with van der Waals surface area (Å²) in [6, 6.07) is 13.9. The van der Waals surface area contributed by atoms with Gasteiger partial charge in [-0.3, -0.25) is 9.59 Å². The molecule has 1 fully saturated rings. The molecule has 4 nitrogen and oxygen atoms in total. The first-order valence-electron chi connectivity index (χ1n) is 9.42. The number of nitrogens with zero attached hydrogens (tertiary/aromatic N) is 2. The first-order chi connectivity index (χ1) is 13.6. The van der Waals surface area contributed by atoms with Crippen LogP contribution in [-0.2, 0) is 16.4 Å². The Labute approximate surface area is 167 Å². The van der Waals surface area contributed by atoms with Crippen molar-refractivity contribution in [1.82, 2.24) is 9.80 Å². The van der Waals surface area contributed by atoms with Crippen LogP contribution in [0.5, 0.6) is 0 Å². The van der Waals surface area contributed by atoms with Gasteiger partial charge in [0.2, 0.25) is 5.91 Å². The van der Waals surface area contributed by atoms with Gasteiger partial charge >= 0.3 is 6.18 Å². The highest BCUT2D eigenvalue weighted by Gasteiger charge is 2.36. The molecule has 0 aromatic heterocycles. The standard InChI is InChI=1S/C22H23F3N2O2/c1-21(2,17-8-4-3-5-9-17)20(29)27-13-11-26(12-14-27)19(28)16-7-6-10-18(15-16)22(23,24)25/h3-10,15H,11-14H2,1-2H3. The van der Waals surface area contributed by atoms with E-state index in [1.165, 1.54) is 17.0 Å². The fourth-order valence-electron chi connectivity index (χ4n) is 3.50. The average Bonchev–Trinajstić information content (AvgIpc) is 2.73. The molecule has 2 amide bonds. The summed E-state index contributed by atoms with van der Waals surface area (Å²) in [6.07, 6.45) is -4.50. The number of amides is 2. The minimum Gasteiger partial charge on any atom is -0.338 e. The Hall–Kier alpha value is -2.83. The number of rotatable bonds is 3. The van der Waals surface area contributed by atoms with Gasteiger partial charge in [0, 0.05) is 31.7 Å². The third-order valence-corrected chi connectivity index (χ3v) is 5.32. The van der Waals surface area contributed by atoms with Gasteiger partial charge in [0.1, 0.15) is 0 Å². The quantitative estimate of drug-likeness (QED) is 0.777. The summed E-state index contributed by atoms with van der Waals surface area (Å²) in [5.74, 6) is -0.486. The lowest BCUT2D eigenvalue weighted by molar-refractivity contribution is -0.138. The molecule has 7 heteroatoms. The summed E-state index contributed by atoms with van der Waals surface area (Å²) >= 11 is 0. The summed E-state index contributed by atoms with van der Waals surface area (Å²) in [7, 11) is 0. The minimum atomic E-state index is -4.50. The lowest BCUT2D eigenvalue weighted by Crippen LogP contribution is -2.54. The summed E-state index contributed by atoms with van der Waals surface area (Å²) in [5, 5.41) is 0. The van der Waals surface area contributed by atoms with E-state index < -0.39 is 23.1 Å². The summed E-state index contributed by atoms with van der Waals surface area (Å²) in [4.78, 5) is 28.9. The zero-order valence-corrected chi connectivity index (χ0v) is 16.4. The molecule has 2 aromatic carbocycles. The molecule has 29 heavy (non-hydrogen) atoms. The van der Waals surface area contributed by atoms with Crippen molar-refractivity contribution in [1.29, 1.82) is 0 Å². The molecule has 2 aromatic rings. The van der Waals surface area contributed by atoms with Gasteiger partial charge in [-0.2, -0.15) is 13.2 Å². The highest BCUT2D eigenvalue weighted by molar-refractivity contribution is 5.95. The van der Waals surface area contributed by atoms with E-state index in [2.05, 4.69) is 0 Å². The van der Waals surface area contributed by atoms with E-state index in [0.717, 1.165) is 17.7 Å². The normalized spacial score (nSPS) is 15.3. The van der Waals surface area contributed by atoms with Crippen molar-refractivity contribution in [2.45, 2.75) is 25.4 Å². The van der Waals surface area contributed by atoms with Crippen LogP contribution in [0.2, 0.25) is 0 Å². The van der Waals surface area contributed by atoms with Gasteiger partial charge < -0.3 is 9.80 Å². The summed E-state index contributed by atoms with van der Waals surface area (Å²) in [6.45, 7) is 4.99. The van der Waals surface area contributed by atoms with E-state index in [1.807, 2.05) is 44.2 Å². The van der Waals surface area contributed by atoms with Gasteiger partial charge in [0.25, 0.3) is 5.91 Å². The van der Waals surface area contributed by atoms with Crippen molar-refractivity contribution in [3.05, 3.63) is 71.3 Å².